The summed E-state index contributed by atoms with van der Waals surface area (Å²) in [6, 6.07) is 57.0. The van der Waals surface area contributed by atoms with E-state index in [9.17, 15) is 31.6 Å². The van der Waals surface area contributed by atoms with Crippen molar-refractivity contribution in [2.24, 2.45) is 0 Å². The summed E-state index contributed by atoms with van der Waals surface area (Å²) in [5.41, 5.74) is 8.60. The third kappa shape index (κ3) is 5.78. The highest BCUT2D eigenvalue weighted by Crippen LogP contribution is 2.57. The molecular formula is C48H24N6. The van der Waals surface area contributed by atoms with Crippen LogP contribution in [0.3, 0.4) is 0 Å². The predicted molar refractivity (Wildman–Crippen MR) is 207 cm³/mol. The molecule has 6 nitrogen and oxygen atoms in total. The van der Waals surface area contributed by atoms with E-state index in [0.29, 0.717) is 100 Å². The lowest BCUT2D eigenvalue weighted by Gasteiger charge is -2.30. The average molecular weight is 685 g/mol. The standard InChI is InChI=1S/C48H24N6/c49-25-31-12-11-18-32(24-31)43-44(38-19-6-1-13-33(38)26-50)46(40-21-8-3-15-35(40)28-52)48(42-23-10-5-17-37(42)30-54)47(41-22-9-4-16-36(41)29-53)45(43)39-20-7-2-14-34(39)27-51/h1-24H. The normalized spacial score (nSPS) is 10.1. The van der Waals surface area contributed by atoms with E-state index in [2.05, 4.69) is 36.4 Å². The minimum absolute atomic E-state index is 0.335. The van der Waals surface area contributed by atoms with Crippen LogP contribution < -0.4 is 0 Å². The molecule has 0 aromatic heterocycles. The van der Waals surface area contributed by atoms with Gasteiger partial charge in [-0.25, -0.2) is 0 Å². The number of benzene rings is 7. The SMILES string of the molecule is N#Cc1cccc(-c2c(-c3ccccc3C#N)c(-c3ccccc3C#N)c(-c3ccccc3C#N)c(-c3ccccc3C#N)c2-c2ccccc2C#N)c1. The summed E-state index contributed by atoms with van der Waals surface area (Å²) in [5, 5.41) is 63.4. The van der Waals surface area contributed by atoms with Crippen molar-refractivity contribution >= 4 is 0 Å². The average Bonchev–Trinajstić information content (AvgIpc) is 3.25. The van der Waals surface area contributed by atoms with Gasteiger partial charge in [0.05, 0.1) is 69.8 Å². The second kappa shape index (κ2) is 14.8. The molecule has 0 radical (unpaired) electrons. The fourth-order valence-electron chi connectivity index (χ4n) is 7.12. The minimum Gasteiger partial charge on any atom is -0.192 e. The van der Waals surface area contributed by atoms with Gasteiger partial charge in [-0.15, -0.1) is 0 Å². The van der Waals surface area contributed by atoms with Crippen molar-refractivity contribution in [2.45, 2.75) is 0 Å². The van der Waals surface area contributed by atoms with Gasteiger partial charge < -0.3 is 0 Å². The second-order valence-electron chi connectivity index (χ2n) is 12.2. The summed E-state index contributed by atoms with van der Waals surface area (Å²) < 4.78 is 0. The zero-order valence-electron chi connectivity index (χ0n) is 28.5. The number of hydrogen-bond acceptors (Lipinski definition) is 6. The molecule has 0 saturated carbocycles. The highest BCUT2D eigenvalue weighted by Gasteiger charge is 2.33. The van der Waals surface area contributed by atoms with Crippen molar-refractivity contribution < 1.29 is 0 Å². The lowest BCUT2D eigenvalue weighted by molar-refractivity contribution is 1.43. The van der Waals surface area contributed by atoms with Gasteiger partial charge in [0, 0.05) is 44.5 Å². The molecule has 7 aromatic carbocycles. The summed E-state index contributed by atoms with van der Waals surface area (Å²) in [6.45, 7) is 0. The van der Waals surface area contributed by atoms with Crippen molar-refractivity contribution in [3.8, 4) is 103 Å². The predicted octanol–water partition coefficient (Wildman–Crippen LogP) is 10.9. The monoisotopic (exact) mass is 684 g/mol. The van der Waals surface area contributed by atoms with E-state index < -0.39 is 0 Å². The maximum Gasteiger partial charge on any atom is 0.0998 e. The Kier molecular flexibility index (Phi) is 9.28. The maximum absolute atomic E-state index is 10.7. The van der Waals surface area contributed by atoms with Crippen LogP contribution in [0.5, 0.6) is 0 Å². The first-order valence-electron chi connectivity index (χ1n) is 16.8. The van der Waals surface area contributed by atoms with Gasteiger partial charge in [-0.3, -0.25) is 0 Å². The molecule has 0 bridgehead atoms. The fourth-order valence-corrected chi connectivity index (χ4v) is 7.12. The van der Waals surface area contributed by atoms with Gasteiger partial charge in [0.1, 0.15) is 0 Å². The molecule has 0 aliphatic rings. The molecule has 0 unspecified atom stereocenters. The van der Waals surface area contributed by atoms with Crippen LogP contribution in [-0.4, -0.2) is 0 Å². The third-order valence-electron chi connectivity index (χ3n) is 9.36. The van der Waals surface area contributed by atoms with Gasteiger partial charge >= 0.3 is 0 Å². The van der Waals surface area contributed by atoms with Gasteiger partial charge in [0.2, 0.25) is 0 Å². The third-order valence-corrected chi connectivity index (χ3v) is 9.36. The van der Waals surface area contributed by atoms with Crippen LogP contribution in [0.4, 0.5) is 0 Å². The molecule has 0 fully saturated rings. The second-order valence-corrected chi connectivity index (χ2v) is 12.2. The van der Waals surface area contributed by atoms with Crippen molar-refractivity contribution in [3.63, 3.8) is 0 Å². The Hall–Kier alpha value is -8.52. The lowest BCUT2D eigenvalue weighted by Crippen LogP contribution is -2.05. The topological polar surface area (TPSA) is 143 Å². The Morgan fingerprint density at radius 3 is 0.815 bits per heavy atom. The summed E-state index contributed by atoms with van der Waals surface area (Å²) >= 11 is 0. The summed E-state index contributed by atoms with van der Waals surface area (Å²) in [4.78, 5) is 0. The van der Waals surface area contributed by atoms with Gasteiger partial charge in [0.15, 0.2) is 0 Å². The molecule has 6 heteroatoms. The van der Waals surface area contributed by atoms with Crippen LogP contribution in [0.2, 0.25) is 0 Å². The summed E-state index contributed by atoms with van der Waals surface area (Å²) in [7, 11) is 0. The van der Waals surface area contributed by atoms with Crippen LogP contribution >= 0.6 is 0 Å². The molecule has 0 atom stereocenters. The van der Waals surface area contributed by atoms with Crippen molar-refractivity contribution in [2.75, 3.05) is 0 Å². The number of nitriles is 6. The maximum atomic E-state index is 10.7. The summed E-state index contributed by atoms with van der Waals surface area (Å²) in [5.74, 6) is 0. The van der Waals surface area contributed by atoms with Crippen LogP contribution in [0.15, 0.2) is 146 Å². The largest absolute Gasteiger partial charge is 0.192 e. The molecule has 0 heterocycles. The Morgan fingerprint density at radius 1 is 0.259 bits per heavy atom. The van der Waals surface area contributed by atoms with Crippen molar-refractivity contribution in [3.05, 3.63) is 179 Å². The molecule has 0 spiro atoms. The van der Waals surface area contributed by atoms with Crippen LogP contribution in [0, 0.1) is 68.0 Å². The molecular weight excluding hydrogens is 661 g/mol. The molecule has 54 heavy (non-hydrogen) atoms. The smallest absolute Gasteiger partial charge is 0.0998 e. The Balaban J connectivity index is 1.97. The molecule has 0 aliphatic heterocycles. The number of nitrogens with zero attached hydrogens (tertiary/aromatic N) is 6. The first kappa shape index (κ1) is 34.0. The first-order valence-corrected chi connectivity index (χ1v) is 16.8. The number of rotatable bonds is 6. The van der Waals surface area contributed by atoms with Gasteiger partial charge in [0.25, 0.3) is 0 Å². The minimum atomic E-state index is 0.335. The Morgan fingerprint density at radius 2 is 0.537 bits per heavy atom. The van der Waals surface area contributed by atoms with Gasteiger partial charge in [-0.05, 0) is 64.7 Å². The van der Waals surface area contributed by atoms with Crippen molar-refractivity contribution in [1.82, 2.24) is 0 Å². The van der Waals surface area contributed by atoms with Crippen molar-refractivity contribution in [1.29, 1.82) is 31.6 Å². The highest BCUT2D eigenvalue weighted by atomic mass is 14.4. The molecule has 0 saturated heterocycles. The van der Waals surface area contributed by atoms with Gasteiger partial charge in [-0.2, -0.15) is 31.6 Å². The Labute approximate surface area is 312 Å². The molecule has 0 N–H and O–H groups in total. The van der Waals surface area contributed by atoms with E-state index in [1.165, 1.54) is 0 Å². The van der Waals surface area contributed by atoms with E-state index in [4.69, 9.17) is 0 Å². The molecule has 0 amide bonds. The van der Waals surface area contributed by atoms with Crippen LogP contribution in [0.25, 0.3) is 66.8 Å². The van der Waals surface area contributed by atoms with E-state index in [1.54, 1.807) is 78.9 Å². The Bertz CT molecular complexity index is 2770. The molecule has 7 rings (SSSR count). The first-order chi connectivity index (χ1) is 26.6. The highest BCUT2D eigenvalue weighted by molar-refractivity contribution is 6.17. The van der Waals surface area contributed by atoms with E-state index in [-0.39, 0.29) is 0 Å². The van der Waals surface area contributed by atoms with Gasteiger partial charge in [-0.1, -0.05) is 103 Å². The van der Waals surface area contributed by atoms with Crippen LogP contribution in [0.1, 0.15) is 33.4 Å². The van der Waals surface area contributed by atoms with Crippen LogP contribution in [-0.2, 0) is 0 Å². The van der Waals surface area contributed by atoms with E-state index in [1.807, 2.05) is 66.7 Å². The van der Waals surface area contributed by atoms with E-state index in [0.717, 1.165) is 0 Å². The zero-order valence-corrected chi connectivity index (χ0v) is 28.5. The fraction of sp³-hybridized carbons (Fsp3) is 0. The quantitative estimate of drug-likeness (QED) is 0.170. The zero-order chi connectivity index (χ0) is 37.6. The number of hydrogen-bond donors (Lipinski definition) is 0. The van der Waals surface area contributed by atoms with E-state index >= 15 is 0 Å². The molecule has 0 aliphatic carbocycles. The summed E-state index contributed by atoms with van der Waals surface area (Å²) in [6.07, 6.45) is 0. The molecule has 7 aromatic rings. The molecule has 246 valence electrons. The lowest BCUT2D eigenvalue weighted by atomic mass is 9.72.